The largest absolute Gasteiger partial charge is 2.00 e. The first-order valence-corrected chi connectivity index (χ1v) is 18.2. The Labute approximate surface area is 319 Å². The van der Waals surface area contributed by atoms with Gasteiger partial charge >= 0.3 is 17.1 Å². The van der Waals surface area contributed by atoms with E-state index in [4.69, 9.17) is 9.68 Å². The zero-order valence-corrected chi connectivity index (χ0v) is 31.0. The Morgan fingerprint density at radius 1 is 0.451 bits per heavy atom. The predicted octanol–water partition coefficient (Wildman–Crippen LogP) is 10.1. The van der Waals surface area contributed by atoms with Crippen LogP contribution in [0.15, 0.2) is 121 Å². The quantitative estimate of drug-likeness (QED) is 0.0794. The molecule has 4 aromatic carbocycles. The Morgan fingerprint density at radius 3 is 1.08 bits per heavy atom. The fourth-order valence-electron chi connectivity index (χ4n) is 6.17. The number of hydrogen-bond acceptors (Lipinski definition) is 4. The fraction of sp³-hybridized carbons (Fsp3) is 0.261. The Morgan fingerprint density at radius 2 is 0.765 bits per heavy atom. The van der Waals surface area contributed by atoms with Crippen molar-refractivity contribution in [2.24, 2.45) is 0 Å². The van der Waals surface area contributed by atoms with Gasteiger partial charge in [-0.15, -0.1) is 0 Å². The molecule has 0 bridgehead atoms. The third-order valence-electron chi connectivity index (χ3n) is 8.90. The molecule has 2 fully saturated rings. The van der Waals surface area contributed by atoms with Crippen LogP contribution in [0.4, 0.5) is 0 Å². The van der Waals surface area contributed by atoms with Crippen molar-refractivity contribution < 1.29 is 26.7 Å². The van der Waals surface area contributed by atoms with E-state index in [2.05, 4.69) is 185 Å². The first-order chi connectivity index (χ1) is 24.7. The van der Waals surface area contributed by atoms with E-state index in [0.29, 0.717) is 0 Å². The van der Waals surface area contributed by atoms with Crippen molar-refractivity contribution in [2.75, 3.05) is 0 Å². The molecule has 10 radical (unpaired) electrons. The third kappa shape index (κ3) is 14.0. The van der Waals surface area contributed by atoms with E-state index in [9.17, 15) is 0 Å². The molecule has 0 aromatic heterocycles. The molecule has 0 unspecified atom stereocenters. The summed E-state index contributed by atoms with van der Waals surface area (Å²) >= 11 is 0. The van der Waals surface area contributed by atoms with Gasteiger partial charge in [-0.05, 0) is 99.3 Å². The van der Waals surface area contributed by atoms with Gasteiger partial charge in [0.15, 0.2) is 0 Å². The first-order valence-electron chi connectivity index (χ1n) is 18.2. The molecule has 2 N–H and O–H groups in total. The topological polar surface area (TPSA) is 42.5 Å². The Bertz CT molecular complexity index is 1300. The van der Waals surface area contributed by atoms with E-state index in [0.717, 1.165) is 38.5 Å². The second-order valence-electron chi connectivity index (χ2n) is 12.8. The van der Waals surface area contributed by atoms with Crippen molar-refractivity contribution in [3.05, 3.63) is 207 Å². The second-order valence-corrected chi connectivity index (χ2v) is 12.8. The summed E-state index contributed by atoms with van der Waals surface area (Å²) in [5.41, 5.74) is 11.8. The Kier molecular flexibility index (Phi) is 19.1. The minimum absolute atomic E-state index is 0. The molecule has 5 heteroatoms. The van der Waals surface area contributed by atoms with Gasteiger partial charge in [-0.3, -0.25) is 9.68 Å². The number of hydroxylamine groups is 2. The molecule has 2 aliphatic rings. The van der Waals surface area contributed by atoms with Crippen LogP contribution in [-0.4, -0.2) is 12.1 Å². The van der Waals surface area contributed by atoms with Crippen molar-refractivity contribution in [1.29, 1.82) is 0 Å². The van der Waals surface area contributed by atoms with Gasteiger partial charge in [0.2, 0.25) is 0 Å². The molecule has 0 aliphatic heterocycles. The van der Waals surface area contributed by atoms with E-state index >= 15 is 0 Å². The van der Waals surface area contributed by atoms with Crippen LogP contribution in [0, 0.1) is 63.2 Å². The summed E-state index contributed by atoms with van der Waals surface area (Å²) in [7, 11) is 0. The summed E-state index contributed by atoms with van der Waals surface area (Å²) in [4.78, 5) is 12.4. The van der Waals surface area contributed by atoms with Gasteiger partial charge in [0.25, 0.3) is 0 Å². The number of nitrogens with one attached hydrogen (secondary N) is 2. The molecule has 6 rings (SSSR count). The van der Waals surface area contributed by atoms with Crippen LogP contribution in [0.25, 0.3) is 0 Å². The van der Waals surface area contributed by atoms with E-state index in [1.165, 1.54) is 34.1 Å². The van der Waals surface area contributed by atoms with Crippen LogP contribution < -0.4 is 11.0 Å². The summed E-state index contributed by atoms with van der Waals surface area (Å²) in [5.74, 6) is 2.51. The monoisotopic (exact) mass is 720 g/mol. The summed E-state index contributed by atoms with van der Waals surface area (Å²) in [6.45, 7) is 4.38. The molecule has 0 heterocycles. The van der Waals surface area contributed by atoms with Crippen LogP contribution >= 0.6 is 0 Å². The molecule has 264 valence electrons. The molecule has 0 spiro atoms. The smallest absolute Gasteiger partial charge is 0.293 e. The van der Waals surface area contributed by atoms with Crippen LogP contribution in [-0.2, 0) is 39.6 Å². The number of rotatable bonds is 18. The van der Waals surface area contributed by atoms with Gasteiger partial charge < -0.3 is 0 Å². The zero-order valence-electron chi connectivity index (χ0n) is 29.9. The van der Waals surface area contributed by atoms with Crippen molar-refractivity contribution in [1.82, 2.24) is 11.0 Å². The number of hydrogen-bond donors (Lipinski definition) is 2. The van der Waals surface area contributed by atoms with Gasteiger partial charge in [-0.25, -0.2) is 0 Å². The molecule has 2 saturated carbocycles. The maximum atomic E-state index is 6.18. The van der Waals surface area contributed by atoms with Crippen LogP contribution in [0.2, 0.25) is 0 Å². The molecule has 4 atom stereocenters. The molecule has 0 amide bonds. The molecule has 0 saturated heterocycles. The van der Waals surface area contributed by atoms with Crippen LogP contribution in [0.5, 0.6) is 0 Å². The third-order valence-corrected chi connectivity index (χ3v) is 8.90. The summed E-state index contributed by atoms with van der Waals surface area (Å²) in [6.07, 6.45) is 23.0. The van der Waals surface area contributed by atoms with Crippen molar-refractivity contribution >= 4 is 0 Å². The number of benzene rings is 4. The van der Waals surface area contributed by atoms with E-state index < -0.39 is 0 Å². The summed E-state index contributed by atoms with van der Waals surface area (Å²) in [5, 5.41) is 0. The van der Waals surface area contributed by atoms with Crippen molar-refractivity contribution in [3.8, 4) is 0 Å². The maximum Gasteiger partial charge on any atom is 2.00 e. The van der Waals surface area contributed by atoms with E-state index in [-0.39, 0.29) is 41.4 Å². The molecule has 4 aromatic rings. The molecule has 4 nitrogen and oxygen atoms in total. The maximum absolute atomic E-state index is 6.18. The van der Waals surface area contributed by atoms with Crippen molar-refractivity contribution in [3.63, 3.8) is 0 Å². The van der Waals surface area contributed by atoms with E-state index in [1.807, 2.05) is 12.1 Å². The minimum atomic E-state index is 0. The average Bonchev–Trinajstić information content (AvgIpc) is 3.92. The van der Waals surface area contributed by atoms with Gasteiger partial charge in [-0.1, -0.05) is 148 Å². The first kappa shape index (κ1) is 41.0. The van der Waals surface area contributed by atoms with Gasteiger partial charge in [-0.2, -0.15) is 11.0 Å². The van der Waals surface area contributed by atoms with E-state index in [1.54, 1.807) is 0 Å². The SMILES string of the molecule is CCC[C@@H](ON[C@H](Cc1ccccc1)[C]1[CH][CH][CH][CH]1)c1ccccc1.CCC[C@@H](ON[C@H](Cc1ccccc1)[C]1[CH][CH][CH][CH]1)c1ccccc1.[Fe+2]. The van der Waals surface area contributed by atoms with Crippen molar-refractivity contribution in [2.45, 2.75) is 76.7 Å². The second kappa shape index (κ2) is 23.7. The zero-order chi connectivity index (χ0) is 34.6. The normalized spacial score (nSPS) is 17.1. The Balaban J connectivity index is 0.000000224. The predicted molar refractivity (Wildman–Crippen MR) is 205 cm³/mol. The van der Waals surface area contributed by atoms with Gasteiger partial charge in [0.1, 0.15) is 12.2 Å². The van der Waals surface area contributed by atoms with Crippen LogP contribution in [0.1, 0.15) is 74.0 Å². The van der Waals surface area contributed by atoms with Gasteiger partial charge in [0, 0.05) is 23.9 Å². The minimum Gasteiger partial charge on any atom is -0.293 e. The summed E-state index contributed by atoms with van der Waals surface area (Å²) < 4.78 is 0. The fourth-order valence-corrected chi connectivity index (χ4v) is 6.17. The van der Waals surface area contributed by atoms with Gasteiger partial charge in [0.05, 0.1) is 0 Å². The average molecular weight is 721 g/mol. The molecular weight excluding hydrogens is 668 g/mol. The Hall–Kier alpha value is -2.76. The molecule has 51 heavy (non-hydrogen) atoms. The molecular formula is C46H52FeN2O2+2. The standard InChI is InChI=1S/2C23H26NO.Fe/c2*1-2-11-23(21-16-7-4-8-17-21)25-24-22(20-14-9-10-15-20)18-19-12-5-3-6-13-19;/h2*3-10,12-17,22-24H,2,11,18H2,1H3;/q;;+2/t2*22-,23-;/m11./s1. The molecule has 2 aliphatic carbocycles. The van der Waals surface area contributed by atoms with Crippen LogP contribution in [0.3, 0.4) is 0 Å². The summed E-state index contributed by atoms with van der Waals surface area (Å²) in [6, 6.07) is 42.3.